The maximum atomic E-state index is 5.27. The minimum Gasteiger partial charge on any atom is -0.341 e. The van der Waals surface area contributed by atoms with Crippen LogP contribution in [0.3, 0.4) is 0 Å². The molecule has 192 valence electrons. The molecule has 0 bridgehead atoms. The number of nitrogens with zero attached hydrogens (tertiary/aromatic N) is 3. The number of aromatic nitrogens is 3. The molecule has 0 N–H and O–H groups in total. The number of hydrogen-bond acceptors (Lipinski definition) is 1. The smallest absolute Gasteiger partial charge is 0.145 e. The van der Waals surface area contributed by atoms with Gasteiger partial charge < -0.3 is 4.57 Å². The largest absolute Gasteiger partial charge is 0.341 e. The van der Waals surface area contributed by atoms with Gasteiger partial charge in [0.05, 0.1) is 22.2 Å². The molecular formula is C35H37N3. The highest BCUT2D eigenvalue weighted by molar-refractivity contribution is 6.10. The molecule has 4 aromatic carbocycles. The fraction of sp³-hybridized carbons (Fsp3) is 0.286. The van der Waals surface area contributed by atoms with E-state index in [2.05, 4.69) is 130 Å². The maximum Gasteiger partial charge on any atom is 0.145 e. The Bertz CT molecular complexity index is 1800. The Labute approximate surface area is 225 Å². The molecule has 0 fully saturated rings. The second-order valence-electron chi connectivity index (χ2n) is 11.3. The highest BCUT2D eigenvalue weighted by Crippen LogP contribution is 2.39. The van der Waals surface area contributed by atoms with Crippen molar-refractivity contribution in [1.29, 1.82) is 0 Å². The fourth-order valence-corrected chi connectivity index (χ4v) is 6.31. The van der Waals surface area contributed by atoms with Crippen LogP contribution in [0.15, 0.2) is 72.8 Å². The van der Waals surface area contributed by atoms with Crippen LogP contribution in [0.1, 0.15) is 68.7 Å². The Morgan fingerprint density at radius 3 is 2.13 bits per heavy atom. The Hall–Kier alpha value is -3.85. The molecule has 38 heavy (non-hydrogen) atoms. The summed E-state index contributed by atoms with van der Waals surface area (Å²) in [6.07, 6.45) is 0. The van der Waals surface area contributed by atoms with Crippen LogP contribution in [0.4, 0.5) is 0 Å². The first kappa shape index (κ1) is 24.5. The van der Waals surface area contributed by atoms with Gasteiger partial charge in [0.15, 0.2) is 0 Å². The second kappa shape index (κ2) is 9.16. The van der Waals surface area contributed by atoms with E-state index >= 15 is 0 Å². The van der Waals surface area contributed by atoms with Crippen molar-refractivity contribution >= 4 is 32.8 Å². The van der Waals surface area contributed by atoms with E-state index in [1.54, 1.807) is 0 Å². The van der Waals surface area contributed by atoms with E-state index in [1.807, 2.05) is 0 Å². The lowest BCUT2D eigenvalue weighted by molar-refractivity contribution is 0.811. The number of hydrogen-bond donors (Lipinski definition) is 0. The van der Waals surface area contributed by atoms with E-state index in [0.29, 0.717) is 11.8 Å². The summed E-state index contributed by atoms with van der Waals surface area (Å²) in [5.74, 6) is 1.80. The third kappa shape index (κ3) is 3.67. The zero-order valence-electron chi connectivity index (χ0n) is 23.6. The van der Waals surface area contributed by atoms with Crippen molar-refractivity contribution < 1.29 is 0 Å². The van der Waals surface area contributed by atoms with Gasteiger partial charge in [0, 0.05) is 28.4 Å². The van der Waals surface area contributed by atoms with Crippen molar-refractivity contribution in [3.63, 3.8) is 0 Å². The van der Waals surface area contributed by atoms with Crippen LogP contribution in [-0.2, 0) is 6.54 Å². The molecule has 0 unspecified atom stereocenters. The average Bonchev–Trinajstić information content (AvgIpc) is 3.43. The number of benzene rings is 4. The highest BCUT2D eigenvalue weighted by atomic mass is 15.1. The summed E-state index contributed by atoms with van der Waals surface area (Å²) < 4.78 is 4.88. The lowest BCUT2D eigenvalue weighted by Gasteiger charge is -2.22. The van der Waals surface area contributed by atoms with Gasteiger partial charge in [-0.15, -0.1) is 0 Å². The molecule has 6 rings (SSSR count). The standard InChI is InChI=1S/C35H37N3/c1-8-37-31-17-16-25(20-28(31)29-19-23(6)18-24(7)33(29)37)35-36-30-14-9-10-15-32(30)38(35)34-26(21(2)3)12-11-13-27(34)22(4)5/h9-22H,8H2,1-7H3. The fourth-order valence-electron chi connectivity index (χ4n) is 6.31. The summed E-state index contributed by atoms with van der Waals surface area (Å²) >= 11 is 0. The Balaban J connectivity index is 1.72. The molecule has 6 aromatic rings. The van der Waals surface area contributed by atoms with Gasteiger partial charge in [-0.3, -0.25) is 4.57 Å². The maximum absolute atomic E-state index is 5.27. The number of aryl methyl sites for hydroxylation is 3. The zero-order valence-corrected chi connectivity index (χ0v) is 23.6. The highest BCUT2D eigenvalue weighted by Gasteiger charge is 2.22. The van der Waals surface area contributed by atoms with E-state index in [4.69, 9.17) is 4.98 Å². The number of imidazole rings is 1. The quantitative estimate of drug-likeness (QED) is 0.231. The van der Waals surface area contributed by atoms with Gasteiger partial charge in [-0.2, -0.15) is 0 Å². The molecule has 0 amide bonds. The number of rotatable bonds is 5. The molecule has 2 heterocycles. The van der Waals surface area contributed by atoms with Crippen LogP contribution in [0.25, 0.3) is 49.9 Å². The summed E-state index contributed by atoms with van der Waals surface area (Å²) in [5.41, 5.74) is 12.6. The molecule has 0 aliphatic heterocycles. The molecule has 3 heteroatoms. The molecule has 2 aromatic heterocycles. The SMILES string of the molecule is CCn1c2ccc(-c3nc4ccccc4n3-c3c(C(C)C)cccc3C(C)C)cc2c2cc(C)cc(C)c21. The van der Waals surface area contributed by atoms with Crippen molar-refractivity contribution in [2.75, 3.05) is 0 Å². The van der Waals surface area contributed by atoms with E-state index in [1.165, 1.54) is 49.7 Å². The molecule has 0 aliphatic rings. The van der Waals surface area contributed by atoms with Gasteiger partial charge in [-0.1, -0.05) is 69.7 Å². The molecule has 0 aliphatic carbocycles. The van der Waals surface area contributed by atoms with Crippen LogP contribution in [-0.4, -0.2) is 14.1 Å². The van der Waals surface area contributed by atoms with E-state index in [9.17, 15) is 0 Å². The molecule has 0 atom stereocenters. The van der Waals surface area contributed by atoms with Gasteiger partial charge >= 0.3 is 0 Å². The van der Waals surface area contributed by atoms with Crippen molar-refractivity contribution in [2.45, 2.75) is 66.8 Å². The predicted molar refractivity (Wildman–Crippen MR) is 163 cm³/mol. The Morgan fingerprint density at radius 2 is 1.45 bits per heavy atom. The topological polar surface area (TPSA) is 22.8 Å². The zero-order chi connectivity index (χ0) is 26.7. The number of para-hydroxylation sites is 3. The summed E-state index contributed by atoms with van der Waals surface area (Å²) in [4.78, 5) is 5.27. The van der Waals surface area contributed by atoms with Gasteiger partial charge in [-0.25, -0.2) is 4.98 Å². The summed E-state index contributed by atoms with van der Waals surface area (Å²) in [5, 5.41) is 2.63. The molecule has 0 spiro atoms. The lowest BCUT2D eigenvalue weighted by atomic mass is 9.92. The summed E-state index contributed by atoms with van der Waals surface area (Å²) in [7, 11) is 0. The van der Waals surface area contributed by atoms with Crippen LogP contribution >= 0.6 is 0 Å². The average molecular weight is 500 g/mol. The molecule has 3 nitrogen and oxygen atoms in total. The monoisotopic (exact) mass is 499 g/mol. The third-order valence-electron chi connectivity index (χ3n) is 7.99. The Morgan fingerprint density at radius 1 is 0.737 bits per heavy atom. The lowest BCUT2D eigenvalue weighted by Crippen LogP contribution is -2.08. The van der Waals surface area contributed by atoms with Crippen molar-refractivity contribution in [3.05, 3.63) is 95.1 Å². The Kier molecular flexibility index (Phi) is 5.90. The van der Waals surface area contributed by atoms with Crippen molar-refractivity contribution in [2.24, 2.45) is 0 Å². The van der Waals surface area contributed by atoms with E-state index in [0.717, 1.165) is 29.0 Å². The molecule has 0 radical (unpaired) electrons. The van der Waals surface area contributed by atoms with Gasteiger partial charge in [0.1, 0.15) is 5.82 Å². The molecule has 0 saturated carbocycles. The first-order valence-electron chi connectivity index (χ1n) is 13.9. The van der Waals surface area contributed by atoms with Gasteiger partial charge in [-0.05, 0) is 85.7 Å². The summed E-state index contributed by atoms with van der Waals surface area (Å²) in [6.45, 7) is 16.8. The van der Waals surface area contributed by atoms with Gasteiger partial charge in [0.2, 0.25) is 0 Å². The molecular weight excluding hydrogens is 462 g/mol. The van der Waals surface area contributed by atoms with E-state index < -0.39 is 0 Å². The minimum absolute atomic E-state index is 0.397. The van der Waals surface area contributed by atoms with Crippen LogP contribution in [0.2, 0.25) is 0 Å². The minimum atomic E-state index is 0.397. The van der Waals surface area contributed by atoms with Crippen molar-refractivity contribution in [3.8, 4) is 17.1 Å². The normalized spacial score (nSPS) is 12.1. The first-order chi connectivity index (χ1) is 18.3. The predicted octanol–water partition coefficient (Wildman–Crippen LogP) is 9.68. The number of fused-ring (bicyclic) bond motifs is 4. The van der Waals surface area contributed by atoms with Crippen molar-refractivity contribution in [1.82, 2.24) is 14.1 Å². The second-order valence-corrected chi connectivity index (χ2v) is 11.3. The van der Waals surface area contributed by atoms with Crippen LogP contribution in [0, 0.1) is 13.8 Å². The first-order valence-corrected chi connectivity index (χ1v) is 13.9. The third-order valence-corrected chi connectivity index (χ3v) is 7.99. The van der Waals surface area contributed by atoms with E-state index in [-0.39, 0.29) is 0 Å². The van der Waals surface area contributed by atoms with Crippen LogP contribution < -0.4 is 0 Å². The summed E-state index contributed by atoms with van der Waals surface area (Å²) in [6, 6.07) is 26.9. The van der Waals surface area contributed by atoms with Gasteiger partial charge in [0.25, 0.3) is 0 Å². The van der Waals surface area contributed by atoms with Crippen LogP contribution in [0.5, 0.6) is 0 Å². The molecule has 0 saturated heterocycles.